The molecule has 1 amide bonds. The molecular weight excluding hydrogens is 365 g/mol. The summed E-state index contributed by atoms with van der Waals surface area (Å²) in [7, 11) is 1.26. The predicted octanol–water partition coefficient (Wildman–Crippen LogP) is 4.15. The van der Waals surface area contributed by atoms with Crippen molar-refractivity contribution < 1.29 is 28.6 Å². The molecule has 1 saturated heterocycles. The van der Waals surface area contributed by atoms with E-state index < -0.39 is 24.1 Å². The van der Waals surface area contributed by atoms with Crippen molar-refractivity contribution >= 4 is 12.1 Å². The van der Waals surface area contributed by atoms with Gasteiger partial charge in [0.2, 0.25) is 0 Å². The molecule has 6 nitrogen and oxygen atoms in total. The van der Waals surface area contributed by atoms with Crippen molar-refractivity contribution in [3.8, 4) is 5.75 Å². The topological polar surface area (TPSA) is 76.1 Å². The summed E-state index contributed by atoms with van der Waals surface area (Å²) in [6.07, 6.45) is 0.633. The molecule has 0 unspecified atom stereocenters. The third-order valence-electron chi connectivity index (χ3n) is 4.94. The fourth-order valence-corrected chi connectivity index (χ4v) is 3.52. The number of carbonyl (C=O) groups excluding carboxylic acids is 1. The number of esters is 1. The highest BCUT2D eigenvalue weighted by atomic mass is 19.1. The largest absolute Gasteiger partial charge is 0.489 e. The van der Waals surface area contributed by atoms with Crippen LogP contribution in [0.3, 0.4) is 0 Å². The number of ether oxygens (including phenoxy) is 2. The van der Waals surface area contributed by atoms with Crippen LogP contribution in [0.2, 0.25) is 0 Å². The van der Waals surface area contributed by atoms with Gasteiger partial charge >= 0.3 is 12.1 Å². The van der Waals surface area contributed by atoms with Gasteiger partial charge in [-0.3, -0.25) is 4.90 Å². The molecule has 1 N–H and O–H groups in total. The molecule has 0 saturated carbocycles. The fourth-order valence-electron chi connectivity index (χ4n) is 3.52. The van der Waals surface area contributed by atoms with Crippen molar-refractivity contribution in [2.24, 2.45) is 0 Å². The second-order valence-electron chi connectivity index (χ2n) is 6.62. The summed E-state index contributed by atoms with van der Waals surface area (Å²) in [6, 6.07) is 12.1. The van der Waals surface area contributed by atoms with Crippen LogP contribution in [0.4, 0.5) is 9.18 Å². The van der Waals surface area contributed by atoms with Gasteiger partial charge in [0.1, 0.15) is 24.2 Å². The van der Waals surface area contributed by atoms with Crippen molar-refractivity contribution in [3.63, 3.8) is 0 Å². The van der Waals surface area contributed by atoms with E-state index in [1.807, 2.05) is 0 Å². The lowest BCUT2D eigenvalue weighted by Crippen LogP contribution is -2.49. The quantitative estimate of drug-likeness (QED) is 0.780. The van der Waals surface area contributed by atoms with Gasteiger partial charge < -0.3 is 14.6 Å². The average molecular weight is 387 g/mol. The van der Waals surface area contributed by atoms with Gasteiger partial charge in [0.25, 0.3) is 0 Å². The third-order valence-corrected chi connectivity index (χ3v) is 4.94. The maximum Gasteiger partial charge on any atom is 0.408 e. The Balaban J connectivity index is 1.73. The second kappa shape index (κ2) is 8.73. The first-order valence-electron chi connectivity index (χ1n) is 9.06. The number of hydrogen-bond acceptors (Lipinski definition) is 4. The molecule has 0 aromatic heterocycles. The Morgan fingerprint density at radius 3 is 2.50 bits per heavy atom. The van der Waals surface area contributed by atoms with E-state index in [9.17, 15) is 19.1 Å². The standard InChI is InChI=1S/C21H22FNO5/c1-27-20(24)19-8-4-7-18(23(19)21(25)26)14-9-11-16(12-10-14)28-13-15-5-2-3-6-17(15)22/h2-3,5-6,9-12,18-19H,4,7-8,13H2,1H3,(H,25,26)/t18-,19+/m0/s1. The maximum absolute atomic E-state index is 13.7. The molecule has 0 spiro atoms. The molecule has 1 aliphatic rings. The number of likely N-dealkylation sites (tertiary alicyclic amines) is 1. The fraction of sp³-hybridized carbons (Fsp3) is 0.333. The highest BCUT2D eigenvalue weighted by Crippen LogP contribution is 2.35. The van der Waals surface area contributed by atoms with Crippen molar-refractivity contribution in [1.29, 1.82) is 0 Å². The van der Waals surface area contributed by atoms with Gasteiger partial charge in [-0.05, 0) is 43.0 Å². The molecule has 1 fully saturated rings. The Morgan fingerprint density at radius 1 is 1.14 bits per heavy atom. The van der Waals surface area contributed by atoms with E-state index >= 15 is 0 Å². The molecule has 3 rings (SSSR count). The van der Waals surface area contributed by atoms with E-state index in [1.165, 1.54) is 18.1 Å². The Bertz CT molecular complexity index is 839. The molecule has 28 heavy (non-hydrogen) atoms. The second-order valence-corrected chi connectivity index (χ2v) is 6.62. The van der Waals surface area contributed by atoms with Crippen LogP contribution in [0.1, 0.15) is 36.4 Å². The van der Waals surface area contributed by atoms with E-state index in [4.69, 9.17) is 9.47 Å². The monoisotopic (exact) mass is 387 g/mol. The highest BCUT2D eigenvalue weighted by Gasteiger charge is 2.39. The van der Waals surface area contributed by atoms with Crippen molar-refractivity contribution in [2.45, 2.75) is 38.0 Å². The SMILES string of the molecule is COC(=O)[C@H]1CCC[C@@H](c2ccc(OCc3ccccc3F)cc2)N1C(=O)O. The van der Waals surface area contributed by atoms with Gasteiger partial charge in [-0.1, -0.05) is 30.3 Å². The van der Waals surface area contributed by atoms with Gasteiger partial charge in [-0.15, -0.1) is 0 Å². The lowest BCUT2D eigenvalue weighted by molar-refractivity contribution is -0.148. The number of methoxy groups -OCH3 is 1. The normalized spacial score (nSPS) is 19.1. The maximum atomic E-state index is 13.7. The van der Waals surface area contributed by atoms with Crippen molar-refractivity contribution in [1.82, 2.24) is 4.90 Å². The van der Waals surface area contributed by atoms with E-state index in [-0.39, 0.29) is 12.4 Å². The summed E-state index contributed by atoms with van der Waals surface area (Å²) in [5, 5.41) is 9.63. The van der Waals surface area contributed by atoms with Crippen molar-refractivity contribution in [2.75, 3.05) is 7.11 Å². The predicted molar refractivity (Wildman–Crippen MR) is 99.4 cm³/mol. The van der Waals surface area contributed by atoms with Gasteiger partial charge in [0, 0.05) is 5.56 Å². The molecule has 0 bridgehead atoms. The van der Waals surface area contributed by atoms with Crippen LogP contribution in [0, 0.1) is 5.82 Å². The zero-order valence-corrected chi connectivity index (χ0v) is 15.5. The zero-order chi connectivity index (χ0) is 20.1. The minimum atomic E-state index is -1.15. The first kappa shape index (κ1) is 19.7. The van der Waals surface area contributed by atoms with Crippen LogP contribution in [-0.4, -0.2) is 35.2 Å². The number of carboxylic acid groups (broad SMARTS) is 1. The van der Waals surface area contributed by atoms with E-state index in [1.54, 1.807) is 42.5 Å². The first-order chi connectivity index (χ1) is 13.5. The van der Waals surface area contributed by atoms with Crippen LogP contribution in [-0.2, 0) is 16.1 Å². The number of hydrogen-bond donors (Lipinski definition) is 1. The summed E-state index contributed by atoms with van der Waals surface area (Å²) >= 11 is 0. The van der Waals surface area contributed by atoms with Gasteiger partial charge in [0.15, 0.2) is 0 Å². The molecule has 2 aromatic rings. The van der Waals surface area contributed by atoms with Gasteiger partial charge in [-0.25, -0.2) is 14.0 Å². The third kappa shape index (κ3) is 4.24. The van der Waals surface area contributed by atoms with Gasteiger partial charge in [-0.2, -0.15) is 0 Å². The summed E-state index contributed by atoms with van der Waals surface area (Å²) in [6.45, 7) is 0.0983. The molecule has 2 atom stereocenters. The molecule has 1 aliphatic heterocycles. The number of amides is 1. The smallest absolute Gasteiger partial charge is 0.408 e. The number of nitrogens with zero attached hydrogens (tertiary/aromatic N) is 1. The van der Waals surface area contributed by atoms with Crippen LogP contribution in [0.15, 0.2) is 48.5 Å². The molecule has 0 radical (unpaired) electrons. The van der Waals surface area contributed by atoms with E-state index in [2.05, 4.69) is 0 Å². The summed E-state index contributed by atoms with van der Waals surface area (Å²) in [5.41, 5.74) is 1.23. The summed E-state index contributed by atoms with van der Waals surface area (Å²) in [4.78, 5) is 24.9. The number of carbonyl (C=O) groups is 2. The number of piperidine rings is 1. The molecular formula is C21H22FNO5. The van der Waals surface area contributed by atoms with Crippen LogP contribution >= 0.6 is 0 Å². The molecule has 0 aliphatic carbocycles. The highest BCUT2D eigenvalue weighted by molar-refractivity contribution is 5.81. The van der Waals surface area contributed by atoms with E-state index in [0.29, 0.717) is 24.2 Å². The Morgan fingerprint density at radius 2 is 1.86 bits per heavy atom. The van der Waals surface area contributed by atoms with Crippen LogP contribution in [0.5, 0.6) is 5.75 Å². The molecule has 148 valence electrons. The first-order valence-corrected chi connectivity index (χ1v) is 9.06. The zero-order valence-electron chi connectivity index (χ0n) is 15.5. The summed E-state index contributed by atoms with van der Waals surface area (Å²) in [5.74, 6) is -0.321. The van der Waals surface area contributed by atoms with E-state index in [0.717, 1.165) is 12.0 Å². The molecule has 7 heteroatoms. The number of benzene rings is 2. The lowest BCUT2D eigenvalue weighted by Gasteiger charge is -2.39. The van der Waals surface area contributed by atoms with Crippen molar-refractivity contribution in [3.05, 3.63) is 65.5 Å². The molecule has 1 heterocycles. The Kier molecular flexibility index (Phi) is 6.13. The Hall–Kier alpha value is -3.09. The number of halogens is 1. The molecule has 2 aromatic carbocycles. The minimum Gasteiger partial charge on any atom is -0.489 e. The van der Waals surface area contributed by atoms with Gasteiger partial charge in [0.05, 0.1) is 13.2 Å². The van der Waals surface area contributed by atoms with Crippen LogP contribution in [0.25, 0.3) is 0 Å². The average Bonchev–Trinajstić information content (AvgIpc) is 2.72. The summed E-state index contributed by atoms with van der Waals surface area (Å²) < 4.78 is 24.1. The van der Waals surface area contributed by atoms with Crippen LogP contribution < -0.4 is 4.74 Å². The lowest BCUT2D eigenvalue weighted by atomic mass is 9.91. The number of rotatable bonds is 5. The minimum absolute atomic E-state index is 0.0983. The Labute approximate surface area is 162 Å².